The first-order valence-corrected chi connectivity index (χ1v) is 8.04. The minimum atomic E-state index is 0.640. The standard InChI is InChI=1S/C17H36/c1-6-13-17(5,14-7-2)15-11-9-8-10-12-16(3)4/h16H,6-15H2,1-5H3. The van der Waals surface area contributed by atoms with Crippen molar-refractivity contribution in [2.75, 3.05) is 0 Å². The molecule has 0 N–H and O–H groups in total. The van der Waals surface area contributed by atoms with E-state index in [0.717, 1.165) is 5.92 Å². The van der Waals surface area contributed by atoms with Crippen LogP contribution in [0, 0.1) is 11.3 Å². The molecule has 0 aromatic heterocycles. The van der Waals surface area contributed by atoms with Gasteiger partial charge in [-0.2, -0.15) is 0 Å². The van der Waals surface area contributed by atoms with Crippen LogP contribution >= 0.6 is 0 Å². The molecule has 17 heavy (non-hydrogen) atoms. The Morgan fingerprint density at radius 3 is 1.76 bits per heavy atom. The molecule has 0 heteroatoms. The normalized spacial score (nSPS) is 12.4. The van der Waals surface area contributed by atoms with Crippen LogP contribution in [0.4, 0.5) is 0 Å². The van der Waals surface area contributed by atoms with Crippen molar-refractivity contribution in [3.63, 3.8) is 0 Å². The fraction of sp³-hybridized carbons (Fsp3) is 1.00. The fourth-order valence-electron chi connectivity index (χ4n) is 3.04. The van der Waals surface area contributed by atoms with Gasteiger partial charge in [0.25, 0.3) is 0 Å². The Labute approximate surface area is 111 Å². The molecule has 0 fully saturated rings. The van der Waals surface area contributed by atoms with Crippen LogP contribution in [0.15, 0.2) is 0 Å². The largest absolute Gasteiger partial charge is 0.0654 e. The monoisotopic (exact) mass is 240 g/mol. The Hall–Kier alpha value is 0. The summed E-state index contributed by atoms with van der Waals surface area (Å²) in [5, 5.41) is 0. The Morgan fingerprint density at radius 1 is 0.765 bits per heavy atom. The van der Waals surface area contributed by atoms with Gasteiger partial charge >= 0.3 is 0 Å². The number of rotatable bonds is 11. The van der Waals surface area contributed by atoms with Gasteiger partial charge in [-0.25, -0.2) is 0 Å². The van der Waals surface area contributed by atoms with E-state index in [9.17, 15) is 0 Å². The summed E-state index contributed by atoms with van der Waals surface area (Å²) in [5.74, 6) is 0.889. The Kier molecular flexibility index (Phi) is 9.97. The molecule has 0 aromatic carbocycles. The maximum absolute atomic E-state index is 2.51. The summed E-state index contributed by atoms with van der Waals surface area (Å²) in [6.07, 6.45) is 14.2. The number of hydrogen-bond donors (Lipinski definition) is 0. The quantitative estimate of drug-likeness (QED) is 0.357. The maximum Gasteiger partial charge on any atom is -0.0326 e. The molecule has 0 rings (SSSR count). The molecule has 0 saturated heterocycles. The van der Waals surface area contributed by atoms with Crippen LogP contribution in [0.1, 0.15) is 98.8 Å². The average molecular weight is 240 g/mol. The highest BCUT2D eigenvalue weighted by Gasteiger charge is 2.21. The molecule has 0 unspecified atom stereocenters. The second-order valence-corrected chi connectivity index (χ2v) is 6.66. The molecule has 104 valence electrons. The topological polar surface area (TPSA) is 0 Å². The highest BCUT2D eigenvalue weighted by atomic mass is 14.3. The van der Waals surface area contributed by atoms with E-state index in [1.807, 2.05) is 0 Å². The zero-order valence-electron chi connectivity index (χ0n) is 13.1. The summed E-state index contributed by atoms with van der Waals surface area (Å²) >= 11 is 0. The fourth-order valence-corrected chi connectivity index (χ4v) is 3.04. The summed E-state index contributed by atoms with van der Waals surface area (Å²) in [5.41, 5.74) is 0.640. The molecule has 0 bridgehead atoms. The van der Waals surface area contributed by atoms with Crippen LogP contribution in [0.2, 0.25) is 0 Å². The summed E-state index contributed by atoms with van der Waals surface area (Å²) in [4.78, 5) is 0. The van der Waals surface area contributed by atoms with Gasteiger partial charge in [0.05, 0.1) is 0 Å². The SMILES string of the molecule is CCCC(C)(CCC)CCCCCCC(C)C. The lowest BCUT2D eigenvalue weighted by molar-refractivity contribution is 0.235. The smallest absolute Gasteiger partial charge is 0.0326 e. The molecular weight excluding hydrogens is 204 g/mol. The lowest BCUT2D eigenvalue weighted by atomic mass is 9.77. The first-order valence-electron chi connectivity index (χ1n) is 8.04. The zero-order valence-corrected chi connectivity index (χ0v) is 13.1. The van der Waals surface area contributed by atoms with Gasteiger partial charge in [0.15, 0.2) is 0 Å². The third-order valence-corrected chi connectivity index (χ3v) is 4.02. The first kappa shape index (κ1) is 17.0. The second-order valence-electron chi connectivity index (χ2n) is 6.66. The van der Waals surface area contributed by atoms with Crippen molar-refractivity contribution < 1.29 is 0 Å². The van der Waals surface area contributed by atoms with Gasteiger partial charge in [0.1, 0.15) is 0 Å². The van der Waals surface area contributed by atoms with Crippen LogP contribution in [-0.4, -0.2) is 0 Å². The van der Waals surface area contributed by atoms with E-state index in [2.05, 4.69) is 34.6 Å². The third kappa shape index (κ3) is 9.68. The van der Waals surface area contributed by atoms with E-state index in [-0.39, 0.29) is 0 Å². The number of unbranched alkanes of at least 4 members (excludes halogenated alkanes) is 3. The Bertz CT molecular complexity index is 151. The van der Waals surface area contributed by atoms with Crippen molar-refractivity contribution in [1.82, 2.24) is 0 Å². The minimum Gasteiger partial charge on any atom is -0.0654 e. The van der Waals surface area contributed by atoms with E-state index in [1.54, 1.807) is 0 Å². The van der Waals surface area contributed by atoms with Crippen LogP contribution in [0.25, 0.3) is 0 Å². The van der Waals surface area contributed by atoms with Crippen LogP contribution in [-0.2, 0) is 0 Å². The summed E-state index contributed by atoms with van der Waals surface area (Å²) in [6, 6.07) is 0. The number of hydrogen-bond acceptors (Lipinski definition) is 0. The molecule has 0 aromatic rings. The van der Waals surface area contributed by atoms with E-state index < -0.39 is 0 Å². The average Bonchev–Trinajstić information content (AvgIpc) is 2.23. The molecule has 0 aliphatic rings. The molecule has 0 saturated carbocycles. The molecular formula is C17H36. The molecule has 0 atom stereocenters. The Morgan fingerprint density at radius 2 is 1.29 bits per heavy atom. The van der Waals surface area contributed by atoms with Gasteiger partial charge in [-0.3, -0.25) is 0 Å². The van der Waals surface area contributed by atoms with Crippen molar-refractivity contribution in [2.24, 2.45) is 11.3 Å². The molecule has 0 radical (unpaired) electrons. The summed E-state index contributed by atoms with van der Waals surface area (Å²) in [6.45, 7) is 11.8. The van der Waals surface area contributed by atoms with Crippen LogP contribution < -0.4 is 0 Å². The van der Waals surface area contributed by atoms with E-state index in [4.69, 9.17) is 0 Å². The molecule has 0 nitrogen and oxygen atoms in total. The van der Waals surface area contributed by atoms with Gasteiger partial charge < -0.3 is 0 Å². The zero-order chi connectivity index (χ0) is 13.1. The predicted molar refractivity (Wildman–Crippen MR) is 80.5 cm³/mol. The predicted octanol–water partition coefficient (Wildman–Crippen LogP) is 6.59. The minimum absolute atomic E-state index is 0.640. The molecule has 0 heterocycles. The van der Waals surface area contributed by atoms with Crippen molar-refractivity contribution in [1.29, 1.82) is 0 Å². The Balaban J connectivity index is 3.61. The van der Waals surface area contributed by atoms with Crippen molar-refractivity contribution in [2.45, 2.75) is 98.8 Å². The molecule has 0 aliphatic heterocycles. The highest BCUT2D eigenvalue weighted by Crippen LogP contribution is 2.35. The maximum atomic E-state index is 2.51. The van der Waals surface area contributed by atoms with Gasteiger partial charge in [0.2, 0.25) is 0 Å². The van der Waals surface area contributed by atoms with Crippen molar-refractivity contribution in [3.05, 3.63) is 0 Å². The van der Waals surface area contributed by atoms with Crippen LogP contribution in [0.3, 0.4) is 0 Å². The molecule has 0 aliphatic carbocycles. The molecule has 0 amide bonds. The van der Waals surface area contributed by atoms with Gasteiger partial charge in [-0.05, 0) is 30.6 Å². The van der Waals surface area contributed by atoms with E-state index in [0.29, 0.717) is 5.41 Å². The lowest BCUT2D eigenvalue weighted by Gasteiger charge is -2.29. The summed E-state index contributed by atoms with van der Waals surface area (Å²) in [7, 11) is 0. The van der Waals surface area contributed by atoms with E-state index >= 15 is 0 Å². The van der Waals surface area contributed by atoms with Gasteiger partial charge in [-0.1, -0.05) is 79.6 Å². The first-order chi connectivity index (χ1) is 8.04. The van der Waals surface area contributed by atoms with Gasteiger partial charge in [0, 0.05) is 0 Å². The van der Waals surface area contributed by atoms with Gasteiger partial charge in [-0.15, -0.1) is 0 Å². The summed E-state index contributed by atoms with van der Waals surface area (Å²) < 4.78 is 0. The highest BCUT2D eigenvalue weighted by molar-refractivity contribution is 4.73. The third-order valence-electron chi connectivity index (χ3n) is 4.02. The molecule has 0 spiro atoms. The van der Waals surface area contributed by atoms with E-state index in [1.165, 1.54) is 64.2 Å². The second kappa shape index (κ2) is 9.97. The van der Waals surface area contributed by atoms with Crippen LogP contribution in [0.5, 0.6) is 0 Å². The van der Waals surface area contributed by atoms with Crippen molar-refractivity contribution in [3.8, 4) is 0 Å². The van der Waals surface area contributed by atoms with Crippen molar-refractivity contribution >= 4 is 0 Å². The lowest BCUT2D eigenvalue weighted by Crippen LogP contribution is -2.15.